The smallest absolute Gasteiger partial charge is 0.383 e. The number of alkyl halides is 3. The molecule has 0 atom stereocenters. The molecule has 0 aliphatic rings. The molecule has 18 heavy (non-hydrogen) atoms. The van der Waals surface area contributed by atoms with Crippen molar-refractivity contribution in [3.63, 3.8) is 0 Å². The van der Waals surface area contributed by atoms with Gasteiger partial charge in [-0.1, -0.05) is 23.7 Å². The van der Waals surface area contributed by atoms with Crippen LogP contribution in [-0.4, -0.2) is 37.8 Å². The van der Waals surface area contributed by atoms with Crippen molar-refractivity contribution in [1.29, 1.82) is 0 Å². The number of benzene rings is 1. The van der Waals surface area contributed by atoms with Gasteiger partial charge in [-0.15, -0.1) is 0 Å². The number of anilines is 1. The SMILES string of the molecule is CN(CCNc1ccccc1Cl)CCC(F)(F)F. The third-order valence-electron chi connectivity index (χ3n) is 2.46. The van der Waals surface area contributed by atoms with Crippen LogP contribution in [0.1, 0.15) is 6.42 Å². The zero-order valence-electron chi connectivity index (χ0n) is 10.1. The summed E-state index contributed by atoms with van der Waals surface area (Å²) in [6.07, 6.45) is -4.87. The second-order valence-electron chi connectivity index (χ2n) is 4.08. The molecule has 0 heterocycles. The minimum absolute atomic E-state index is 0.00764. The first-order valence-corrected chi connectivity index (χ1v) is 6.00. The Labute approximate surface area is 110 Å². The molecule has 1 aromatic rings. The molecular formula is C12H16ClF3N2. The quantitative estimate of drug-likeness (QED) is 0.856. The summed E-state index contributed by atoms with van der Waals surface area (Å²) in [6, 6.07) is 7.26. The average molecular weight is 281 g/mol. The second kappa shape index (κ2) is 6.85. The van der Waals surface area contributed by atoms with E-state index < -0.39 is 12.6 Å². The Kier molecular flexibility index (Phi) is 5.75. The molecule has 0 radical (unpaired) electrons. The molecule has 1 rings (SSSR count). The summed E-state index contributed by atoms with van der Waals surface area (Å²) in [6.45, 7) is 1.09. The molecule has 1 N–H and O–H groups in total. The molecule has 0 bridgehead atoms. The van der Waals surface area contributed by atoms with Gasteiger partial charge in [0.1, 0.15) is 0 Å². The van der Waals surface area contributed by atoms with Gasteiger partial charge in [-0.3, -0.25) is 0 Å². The summed E-state index contributed by atoms with van der Waals surface area (Å²) < 4.78 is 36.0. The zero-order valence-corrected chi connectivity index (χ0v) is 10.9. The van der Waals surface area contributed by atoms with Gasteiger partial charge in [-0.25, -0.2) is 0 Å². The van der Waals surface area contributed by atoms with Crippen LogP contribution in [0, 0.1) is 0 Å². The van der Waals surface area contributed by atoms with E-state index in [2.05, 4.69) is 5.32 Å². The fraction of sp³-hybridized carbons (Fsp3) is 0.500. The largest absolute Gasteiger partial charge is 0.390 e. The molecule has 0 saturated carbocycles. The minimum atomic E-state index is -4.09. The standard InChI is InChI=1S/C12H16ClF3N2/c1-18(8-6-12(14,15)16)9-7-17-11-5-3-2-4-10(11)13/h2-5,17H,6-9H2,1H3. The van der Waals surface area contributed by atoms with Gasteiger partial charge >= 0.3 is 6.18 Å². The number of hydrogen-bond acceptors (Lipinski definition) is 2. The normalized spacial score (nSPS) is 11.9. The molecule has 0 aliphatic carbocycles. The fourth-order valence-corrected chi connectivity index (χ4v) is 1.62. The maximum Gasteiger partial charge on any atom is 0.390 e. The molecule has 1 aromatic carbocycles. The monoisotopic (exact) mass is 280 g/mol. The third kappa shape index (κ3) is 6.12. The average Bonchev–Trinajstić information content (AvgIpc) is 2.28. The van der Waals surface area contributed by atoms with Crippen molar-refractivity contribution in [2.75, 3.05) is 32.0 Å². The van der Waals surface area contributed by atoms with Crippen molar-refractivity contribution in [2.45, 2.75) is 12.6 Å². The third-order valence-corrected chi connectivity index (χ3v) is 2.79. The minimum Gasteiger partial charge on any atom is -0.383 e. The number of rotatable bonds is 6. The number of hydrogen-bond donors (Lipinski definition) is 1. The van der Waals surface area contributed by atoms with Gasteiger partial charge < -0.3 is 10.2 Å². The van der Waals surface area contributed by atoms with Crippen LogP contribution >= 0.6 is 11.6 Å². The lowest BCUT2D eigenvalue weighted by Gasteiger charge is -2.18. The Morgan fingerprint density at radius 3 is 2.50 bits per heavy atom. The van der Waals surface area contributed by atoms with Crippen LogP contribution in [0.3, 0.4) is 0 Å². The molecular weight excluding hydrogens is 265 g/mol. The predicted octanol–water partition coefficient (Wildman–Crippen LogP) is 3.64. The summed E-state index contributed by atoms with van der Waals surface area (Å²) in [5, 5.41) is 3.69. The van der Waals surface area contributed by atoms with Crippen LogP contribution in [0.15, 0.2) is 24.3 Å². The van der Waals surface area contributed by atoms with Crippen molar-refractivity contribution in [3.8, 4) is 0 Å². The molecule has 0 saturated heterocycles. The highest BCUT2D eigenvalue weighted by atomic mass is 35.5. The first kappa shape index (κ1) is 15.1. The Morgan fingerprint density at radius 2 is 1.89 bits per heavy atom. The second-order valence-corrected chi connectivity index (χ2v) is 4.48. The molecule has 2 nitrogen and oxygen atoms in total. The summed E-state index contributed by atoms with van der Waals surface area (Å²) in [5.74, 6) is 0. The van der Waals surface area contributed by atoms with Crippen LogP contribution in [0.5, 0.6) is 0 Å². The van der Waals surface area contributed by atoms with E-state index in [0.717, 1.165) is 5.69 Å². The van der Waals surface area contributed by atoms with Gasteiger partial charge in [-0.2, -0.15) is 13.2 Å². The lowest BCUT2D eigenvalue weighted by molar-refractivity contribution is -0.137. The summed E-state index contributed by atoms with van der Waals surface area (Å²) in [5.41, 5.74) is 0.795. The Balaban J connectivity index is 2.24. The van der Waals surface area contributed by atoms with Gasteiger partial charge in [0.15, 0.2) is 0 Å². The van der Waals surface area contributed by atoms with Crippen molar-refractivity contribution in [2.24, 2.45) is 0 Å². The van der Waals surface area contributed by atoms with Crippen LogP contribution < -0.4 is 5.32 Å². The van der Waals surface area contributed by atoms with Crippen LogP contribution in [0.4, 0.5) is 18.9 Å². The van der Waals surface area contributed by atoms with E-state index in [1.54, 1.807) is 18.0 Å². The van der Waals surface area contributed by atoms with E-state index in [1.807, 2.05) is 18.2 Å². The van der Waals surface area contributed by atoms with Crippen molar-refractivity contribution in [1.82, 2.24) is 4.90 Å². The number of nitrogens with one attached hydrogen (secondary N) is 1. The van der Waals surface area contributed by atoms with E-state index in [-0.39, 0.29) is 6.54 Å². The van der Waals surface area contributed by atoms with Gasteiger partial charge in [-0.05, 0) is 19.2 Å². The summed E-state index contributed by atoms with van der Waals surface area (Å²) in [4.78, 5) is 1.64. The number of halogens is 4. The maximum absolute atomic E-state index is 12.0. The highest BCUT2D eigenvalue weighted by Gasteiger charge is 2.26. The molecule has 0 spiro atoms. The van der Waals surface area contributed by atoms with Crippen LogP contribution in [0.25, 0.3) is 0 Å². The van der Waals surface area contributed by atoms with E-state index >= 15 is 0 Å². The van der Waals surface area contributed by atoms with E-state index in [4.69, 9.17) is 11.6 Å². The molecule has 102 valence electrons. The molecule has 0 aromatic heterocycles. The van der Waals surface area contributed by atoms with Gasteiger partial charge in [0.05, 0.1) is 17.1 Å². The Bertz CT molecular complexity index is 369. The Morgan fingerprint density at radius 1 is 1.22 bits per heavy atom. The van der Waals surface area contributed by atoms with E-state index in [0.29, 0.717) is 18.1 Å². The zero-order chi connectivity index (χ0) is 13.6. The number of nitrogens with zero attached hydrogens (tertiary/aromatic N) is 1. The highest BCUT2D eigenvalue weighted by Crippen LogP contribution is 2.20. The topological polar surface area (TPSA) is 15.3 Å². The first-order chi connectivity index (χ1) is 8.38. The van der Waals surface area contributed by atoms with Crippen molar-refractivity contribution in [3.05, 3.63) is 29.3 Å². The van der Waals surface area contributed by atoms with Crippen LogP contribution in [-0.2, 0) is 0 Å². The fourth-order valence-electron chi connectivity index (χ4n) is 1.42. The van der Waals surface area contributed by atoms with Gasteiger partial charge in [0.25, 0.3) is 0 Å². The number of likely N-dealkylation sites (N-methyl/N-ethyl adjacent to an activating group) is 1. The van der Waals surface area contributed by atoms with E-state index in [1.165, 1.54) is 0 Å². The molecule has 0 amide bonds. The molecule has 0 aliphatic heterocycles. The van der Waals surface area contributed by atoms with Gasteiger partial charge in [0.2, 0.25) is 0 Å². The predicted molar refractivity (Wildman–Crippen MR) is 68.1 cm³/mol. The van der Waals surface area contributed by atoms with Crippen LogP contribution in [0.2, 0.25) is 5.02 Å². The highest BCUT2D eigenvalue weighted by molar-refractivity contribution is 6.33. The van der Waals surface area contributed by atoms with Crippen molar-refractivity contribution >= 4 is 17.3 Å². The maximum atomic E-state index is 12.0. The van der Waals surface area contributed by atoms with Crippen molar-refractivity contribution < 1.29 is 13.2 Å². The lowest BCUT2D eigenvalue weighted by Crippen LogP contribution is -2.29. The summed E-state index contributed by atoms with van der Waals surface area (Å²) in [7, 11) is 1.67. The summed E-state index contributed by atoms with van der Waals surface area (Å²) >= 11 is 5.94. The Hall–Kier alpha value is -0.940. The first-order valence-electron chi connectivity index (χ1n) is 5.62. The lowest BCUT2D eigenvalue weighted by atomic mass is 10.3. The molecule has 0 fully saturated rings. The molecule has 6 heteroatoms. The van der Waals surface area contributed by atoms with E-state index in [9.17, 15) is 13.2 Å². The number of para-hydroxylation sites is 1. The van der Waals surface area contributed by atoms with Gasteiger partial charge in [0, 0.05) is 19.6 Å². The molecule has 0 unspecified atom stereocenters.